The highest BCUT2D eigenvalue weighted by atomic mass is 32.1. The lowest BCUT2D eigenvalue weighted by atomic mass is 9.91. The summed E-state index contributed by atoms with van der Waals surface area (Å²) in [4.78, 5) is 33.2. The first kappa shape index (κ1) is 28.1. The smallest absolute Gasteiger partial charge is 0.338 e. The van der Waals surface area contributed by atoms with Crippen LogP contribution in [0.5, 0.6) is 11.5 Å². The van der Waals surface area contributed by atoms with Crippen LogP contribution in [-0.4, -0.2) is 31.4 Å². The quantitative estimate of drug-likeness (QED) is 0.277. The molecule has 8 heteroatoms. The van der Waals surface area contributed by atoms with Crippen molar-refractivity contribution in [2.45, 2.75) is 32.7 Å². The Morgan fingerprint density at radius 1 is 1.02 bits per heavy atom. The largest absolute Gasteiger partial charge is 0.497 e. The molecule has 1 aliphatic heterocycles. The summed E-state index contributed by atoms with van der Waals surface area (Å²) in [5, 5.41) is 0. The van der Waals surface area contributed by atoms with E-state index in [1.165, 1.54) is 11.3 Å². The van der Waals surface area contributed by atoms with Crippen LogP contribution in [0.15, 0.2) is 88.2 Å². The van der Waals surface area contributed by atoms with E-state index in [2.05, 4.69) is 13.8 Å². The fraction of sp³-hybridized carbons (Fsp3) is 0.242. The van der Waals surface area contributed by atoms with Gasteiger partial charge in [0, 0.05) is 11.1 Å². The molecule has 210 valence electrons. The van der Waals surface area contributed by atoms with Crippen molar-refractivity contribution in [1.29, 1.82) is 0 Å². The number of rotatable bonds is 8. The van der Waals surface area contributed by atoms with Crippen LogP contribution in [0.1, 0.15) is 55.0 Å². The SMILES string of the molecule is CCOC(=O)C1=C(c2ccccc2)N=c2s/c(=C\c3cc(OC)ccc3OC)c(=O)n2C1c1ccc(C(C)C)cc1. The highest BCUT2D eigenvalue weighted by Gasteiger charge is 2.35. The minimum atomic E-state index is -0.726. The summed E-state index contributed by atoms with van der Waals surface area (Å²) in [6.07, 6.45) is 1.78. The van der Waals surface area contributed by atoms with Gasteiger partial charge in [0.05, 0.1) is 42.7 Å². The molecule has 1 atom stereocenters. The molecular weight excluding hydrogens is 536 g/mol. The molecule has 41 heavy (non-hydrogen) atoms. The number of hydrogen-bond acceptors (Lipinski definition) is 7. The monoisotopic (exact) mass is 568 g/mol. The van der Waals surface area contributed by atoms with E-state index in [1.807, 2.05) is 60.7 Å². The molecule has 0 bridgehead atoms. The van der Waals surface area contributed by atoms with Gasteiger partial charge in [0.2, 0.25) is 0 Å². The molecule has 5 rings (SSSR count). The molecule has 3 aromatic carbocycles. The first-order valence-electron chi connectivity index (χ1n) is 13.5. The van der Waals surface area contributed by atoms with Crippen LogP contribution < -0.4 is 24.4 Å². The van der Waals surface area contributed by atoms with Gasteiger partial charge in [0.15, 0.2) is 4.80 Å². The zero-order chi connectivity index (χ0) is 29.1. The van der Waals surface area contributed by atoms with E-state index in [0.717, 1.165) is 16.7 Å². The van der Waals surface area contributed by atoms with Gasteiger partial charge in [-0.05, 0) is 48.2 Å². The van der Waals surface area contributed by atoms with Crippen molar-refractivity contribution in [2.75, 3.05) is 20.8 Å². The zero-order valence-corrected chi connectivity index (χ0v) is 24.5. The summed E-state index contributed by atoms with van der Waals surface area (Å²) in [7, 11) is 3.17. The van der Waals surface area contributed by atoms with Gasteiger partial charge >= 0.3 is 5.97 Å². The predicted molar refractivity (Wildman–Crippen MR) is 161 cm³/mol. The second-order valence-corrected chi connectivity index (χ2v) is 10.9. The third-order valence-electron chi connectivity index (χ3n) is 7.02. The normalized spacial score (nSPS) is 15.0. The first-order chi connectivity index (χ1) is 19.9. The molecular formula is C33H32N2O5S. The number of methoxy groups -OCH3 is 2. The van der Waals surface area contributed by atoms with Gasteiger partial charge in [-0.2, -0.15) is 0 Å². The van der Waals surface area contributed by atoms with Crippen molar-refractivity contribution < 1.29 is 19.0 Å². The predicted octanol–water partition coefficient (Wildman–Crippen LogP) is 5.08. The van der Waals surface area contributed by atoms with Gasteiger partial charge < -0.3 is 14.2 Å². The number of thiazole rings is 1. The van der Waals surface area contributed by atoms with Gasteiger partial charge in [-0.1, -0.05) is 79.8 Å². The fourth-order valence-corrected chi connectivity index (χ4v) is 5.90. The Kier molecular flexibility index (Phi) is 8.21. The maximum atomic E-state index is 14.1. The third-order valence-corrected chi connectivity index (χ3v) is 8.00. The van der Waals surface area contributed by atoms with Crippen LogP contribution in [0, 0.1) is 0 Å². The standard InChI is InChI=1S/C33H32N2O5S/c1-6-40-32(37)28-29(22-10-8-7-9-11-22)34-33-35(30(28)23-14-12-21(13-15-23)20(2)3)31(36)27(41-33)19-24-18-25(38-4)16-17-26(24)39-5/h7-20,30H,6H2,1-5H3/b27-19-. The van der Waals surface area contributed by atoms with Crippen molar-refractivity contribution in [2.24, 2.45) is 4.99 Å². The number of ether oxygens (including phenoxy) is 3. The topological polar surface area (TPSA) is 79.1 Å². The van der Waals surface area contributed by atoms with Crippen LogP contribution in [0.25, 0.3) is 11.8 Å². The summed E-state index contributed by atoms with van der Waals surface area (Å²) >= 11 is 1.27. The lowest BCUT2D eigenvalue weighted by molar-refractivity contribution is -0.138. The minimum absolute atomic E-state index is 0.198. The van der Waals surface area contributed by atoms with Gasteiger partial charge in [0.1, 0.15) is 11.5 Å². The number of hydrogen-bond donors (Lipinski definition) is 0. The molecule has 4 aromatic rings. The minimum Gasteiger partial charge on any atom is -0.497 e. The lowest BCUT2D eigenvalue weighted by Crippen LogP contribution is -2.40. The van der Waals surface area contributed by atoms with Crippen LogP contribution in [0.4, 0.5) is 0 Å². The molecule has 0 spiro atoms. The van der Waals surface area contributed by atoms with E-state index in [-0.39, 0.29) is 12.2 Å². The Morgan fingerprint density at radius 2 is 1.76 bits per heavy atom. The number of fused-ring (bicyclic) bond motifs is 1. The highest BCUT2D eigenvalue weighted by molar-refractivity contribution is 7.07. The fourth-order valence-electron chi connectivity index (χ4n) is 4.91. The van der Waals surface area contributed by atoms with Gasteiger partial charge in [-0.15, -0.1) is 0 Å². The lowest BCUT2D eigenvalue weighted by Gasteiger charge is -2.26. The summed E-state index contributed by atoms with van der Waals surface area (Å²) in [6.45, 7) is 6.22. The first-order valence-corrected chi connectivity index (χ1v) is 14.3. The van der Waals surface area contributed by atoms with Crippen LogP contribution in [0.2, 0.25) is 0 Å². The number of nitrogens with zero attached hydrogens (tertiary/aromatic N) is 2. The van der Waals surface area contributed by atoms with E-state index < -0.39 is 12.0 Å². The Labute approximate surface area is 242 Å². The maximum Gasteiger partial charge on any atom is 0.338 e. The van der Waals surface area contributed by atoms with E-state index in [0.29, 0.717) is 43.6 Å². The number of esters is 1. The summed E-state index contributed by atoms with van der Waals surface area (Å²) in [5.41, 5.74) is 3.99. The zero-order valence-electron chi connectivity index (χ0n) is 23.7. The average molecular weight is 569 g/mol. The van der Waals surface area contributed by atoms with Crippen LogP contribution in [0.3, 0.4) is 0 Å². The number of benzene rings is 3. The Bertz CT molecular complexity index is 1780. The van der Waals surface area contributed by atoms with Crippen LogP contribution in [-0.2, 0) is 9.53 Å². The van der Waals surface area contributed by atoms with Crippen molar-refractivity contribution in [3.05, 3.63) is 120 Å². The second kappa shape index (κ2) is 12.0. The van der Waals surface area contributed by atoms with E-state index in [1.54, 1.807) is 43.9 Å². The second-order valence-electron chi connectivity index (χ2n) is 9.86. The van der Waals surface area contributed by atoms with E-state index in [4.69, 9.17) is 19.2 Å². The number of carbonyl (C=O) groups excluding carboxylic acids is 1. The maximum absolute atomic E-state index is 14.1. The Morgan fingerprint density at radius 3 is 2.39 bits per heavy atom. The van der Waals surface area contributed by atoms with Crippen molar-refractivity contribution in [1.82, 2.24) is 4.57 Å². The van der Waals surface area contributed by atoms with Crippen molar-refractivity contribution in [3.63, 3.8) is 0 Å². The van der Waals surface area contributed by atoms with Gasteiger partial charge in [-0.25, -0.2) is 9.79 Å². The highest BCUT2D eigenvalue weighted by Crippen LogP contribution is 2.35. The van der Waals surface area contributed by atoms with E-state index >= 15 is 0 Å². The Balaban J connectivity index is 1.82. The molecule has 0 radical (unpaired) electrons. The molecule has 0 amide bonds. The average Bonchev–Trinajstić information content (AvgIpc) is 3.30. The molecule has 0 N–H and O–H groups in total. The van der Waals surface area contributed by atoms with Gasteiger partial charge in [-0.3, -0.25) is 9.36 Å². The molecule has 1 aliphatic rings. The Hall–Kier alpha value is -4.43. The molecule has 1 aromatic heterocycles. The number of carbonyl (C=O) groups is 1. The third kappa shape index (κ3) is 5.47. The van der Waals surface area contributed by atoms with Crippen LogP contribution >= 0.6 is 11.3 Å². The van der Waals surface area contributed by atoms with Crippen molar-refractivity contribution in [3.8, 4) is 11.5 Å². The molecule has 0 aliphatic carbocycles. The molecule has 0 saturated carbocycles. The summed E-state index contributed by atoms with van der Waals surface area (Å²) < 4.78 is 18.6. The van der Waals surface area contributed by atoms with Crippen molar-refractivity contribution >= 4 is 29.1 Å². The molecule has 1 unspecified atom stereocenters. The van der Waals surface area contributed by atoms with E-state index in [9.17, 15) is 9.59 Å². The molecule has 7 nitrogen and oxygen atoms in total. The summed E-state index contributed by atoms with van der Waals surface area (Å²) in [6, 6.07) is 22.3. The van der Waals surface area contributed by atoms with Gasteiger partial charge in [0.25, 0.3) is 5.56 Å². The number of aromatic nitrogens is 1. The molecule has 2 heterocycles. The summed E-state index contributed by atoms with van der Waals surface area (Å²) in [5.74, 6) is 1.08. The molecule has 0 saturated heterocycles. The molecule has 0 fully saturated rings.